The number of carbonyl (C=O) groups excluding carboxylic acids is 2. The maximum absolute atomic E-state index is 12.8. The van der Waals surface area contributed by atoms with Crippen LogP contribution in [0.2, 0.25) is 0 Å². The second kappa shape index (κ2) is 9.65. The van der Waals surface area contributed by atoms with Gasteiger partial charge in [0.05, 0.1) is 43.1 Å². The van der Waals surface area contributed by atoms with Gasteiger partial charge in [0, 0.05) is 25.1 Å². The number of pyridine rings is 1. The number of ether oxygens (including phenoxy) is 2. The molecule has 3 aromatic heterocycles. The lowest BCUT2D eigenvalue weighted by Crippen LogP contribution is -2.20. The summed E-state index contributed by atoms with van der Waals surface area (Å²) in [5.74, 6) is -0.713. The molecule has 1 atom stereocenters. The molecular formula is C22H28N4O5. The molecule has 0 aromatic carbocycles. The number of rotatable bonds is 9. The molecule has 2 N–H and O–H groups in total. The van der Waals surface area contributed by atoms with Gasteiger partial charge in [-0.25, -0.2) is 9.78 Å². The first-order valence-corrected chi connectivity index (χ1v) is 10.0. The van der Waals surface area contributed by atoms with Gasteiger partial charge in [0.2, 0.25) is 0 Å². The van der Waals surface area contributed by atoms with E-state index < -0.39 is 11.9 Å². The van der Waals surface area contributed by atoms with Crippen LogP contribution < -0.4 is 10.6 Å². The molecule has 0 aliphatic heterocycles. The topological polar surface area (TPSA) is 108 Å². The van der Waals surface area contributed by atoms with Gasteiger partial charge in [0.1, 0.15) is 11.9 Å². The molecular weight excluding hydrogens is 400 g/mol. The molecule has 9 nitrogen and oxygen atoms in total. The Kier molecular flexibility index (Phi) is 6.96. The Labute approximate surface area is 180 Å². The minimum atomic E-state index is -0.552. The number of aromatic nitrogens is 2. The van der Waals surface area contributed by atoms with Crippen LogP contribution >= 0.6 is 0 Å². The molecule has 0 unspecified atom stereocenters. The monoisotopic (exact) mass is 428 g/mol. The summed E-state index contributed by atoms with van der Waals surface area (Å²) in [7, 11) is 2.95. The molecule has 0 aliphatic rings. The quantitative estimate of drug-likeness (QED) is 0.500. The number of furan rings is 1. The van der Waals surface area contributed by atoms with Crippen molar-refractivity contribution < 1.29 is 23.5 Å². The highest BCUT2D eigenvalue weighted by atomic mass is 16.5. The van der Waals surface area contributed by atoms with Gasteiger partial charge in [-0.1, -0.05) is 13.8 Å². The van der Waals surface area contributed by atoms with E-state index in [0.29, 0.717) is 35.4 Å². The summed E-state index contributed by atoms with van der Waals surface area (Å²) in [4.78, 5) is 30.1. The third kappa shape index (κ3) is 4.88. The molecule has 31 heavy (non-hydrogen) atoms. The summed E-state index contributed by atoms with van der Waals surface area (Å²) >= 11 is 0. The molecule has 9 heteroatoms. The number of hydrogen-bond donors (Lipinski definition) is 2. The highest BCUT2D eigenvalue weighted by molar-refractivity contribution is 6.14. The van der Waals surface area contributed by atoms with Gasteiger partial charge in [0.25, 0.3) is 5.91 Å². The van der Waals surface area contributed by atoms with E-state index in [-0.39, 0.29) is 17.7 Å². The lowest BCUT2D eigenvalue weighted by Gasteiger charge is -2.14. The van der Waals surface area contributed by atoms with Crippen molar-refractivity contribution in [1.29, 1.82) is 0 Å². The van der Waals surface area contributed by atoms with Crippen molar-refractivity contribution in [2.75, 3.05) is 31.5 Å². The Morgan fingerprint density at radius 3 is 2.65 bits per heavy atom. The molecule has 0 saturated heterocycles. The fourth-order valence-corrected chi connectivity index (χ4v) is 3.44. The summed E-state index contributed by atoms with van der Waals surface area (Å²) in [6.45, 7) is 7.11. The molecule has 0 radical (unpaired) electrons. The summed E-state index contributed by atoms with van der Waals surface area (Å²) < 4.78 is 17.0. The van der Waals surface area contributed by atoms with E-state index in [1.807, 2.05) is 26.8 Å². The number of hydrogen-bond acceptors (Lipinski definition) is 7. The first kappa shape index (κ1) is 22.4. The normalized spacial score (nSPS) is 12.2. The lowest BCUT2D eigenvalue weighted by atomic mass is 10.2. The van der Waals surface area contributed by atoms with Gasteiger partial charge in [-0.15, -0.1) is 0 Å². The third-order valence-electron chi connectivity index (χ3n) is 4.68. The first-order chi connectivity index (χ1) is 14.8. The summed E-state index contributed by atoms with van der Waals surface area (Å²) in [5.41, 5.74) is 2.27. The number of nitrogens with one attached hydrogen (secondary N) is 2. The van der Waals surface area contributed by atoms with Crippen LogP contribution in [0.4, 0.5) is 11.4 Å². The number of amides is 1. The SMILES string of the molecule is COC[C@@H](C)Nc1cnc2c(c1)c(NC(=O)c1ccoc1)c(C(=O)OC)n2CC(C)C. The molecule has 3 heterocycles. The molecule has 0 spiro atoms. The number of nitrogens with zero attached hydrogens (tertiary/aromatic N) is 2. The maximum Gasteiger partial charge on any atom is 0.356 e. The van der Waals surface area contributed by atoms with Gasteiger partial charge in [-0.05, 0) is 25.0 Å². The van der Waals surface area contributed by atoms with E-state index in [4.69, 9.17) is 13.9 Å². The molecule has 166 valence electrons. The van der Waals surface area contributed by atoms with Crippen LogP contribution in [0, 0.1) is 5.92 Å². The summed E-state index contributed by atoms with van der Waals surface area (Å²) in [5, 5.41) is 6.80. The van der Waals surface area contributed by atoms with Crippen LogP contribution in [-0.2, 0) is 16.0 Å². The predicted molar refractivity (Wildman–Crippen MR) is 118 cm³/mol. The average molecular weight is 428 g/mol. The zero-order valence-electron chi connectivity index (χ0n) is 18.4. The second-order valence-corrected chi connectivity index (χ2v) is 7.78. The molecule has 0 aliphatic carbocycles. The fourth-order valence-electron chi connectivity index (χ4n) is 3.44. The fraction of sp³-hybridized carbons (Fsp3) is 0.409. The molecule has 1 amide bonds. The van der Waals surface area contributed by atoms with Gasteiger partial charge < -0.3 is 29.1 Å². The van der Waals surface area contributed by atoms with E-state index >= 15 is 0 Å². The van der Waals surface area contributed by atoms with Crippen molar-refractivity contribution in [2.45, 2.75) is 33.4 Å². The molecule has 0 fully saturated rings. The molecule has 0 bridgehead atoms. The Hall–Kier alpha value is -3.33. The highest BCUT2D eigenvalue weighted by Gasteiger charge is 2.27. The Morgan fingerprint density at radius 1 is 1.26 bits per heavy atom. The van der Waals surface area contributed by atoms with Crippen LogP contribution in [0.3, 0.4) is 0 Å². The molecule has 3 aromatic rings. The summed E-state index contributed by atoms with van der Waals surface area (Å²) in [6.07, 6.45) is 4.46. The van der Waals surface area contributed by atoms with Gasteiger partial charge in [-0.2, -0.15) is 0 Å². The number of fused-ring (bicyclic) bond motifs is 1. The highest BCUT2D eigenvalue weighted by Crippen LogP contribution is 2.33. The molecule has 3 rings (SSSR count). The van der Waals surface area contributed by atoms with E-state index in [9.17, 15) is 9.59 Å². The number of anilines is 2. The van der Waals surface area contributed by atoms with Crippen LogP contribution in [0.1, 0.15) is 41.6 Å². The third-order valence-corrected chi connectivity index (χ3v) is 4.68. The van der Waals surface area contributed by atoms with E-state index in [1.54, 1.807) is 23.9 Å². The van der Waals surface area contributed by atoms with Crippen molar-refractivity contribution in [3.8, 4) is 0 Å². The Bertz CT molecular complexity index is 1060. The zero-order valence-corrected chi connectivity index (χ0v) is 18.4. The first-order valence-electron chi connectivity index (χ1n) is 10.0. The predicted octanol–water partition coefficient (Wildman–Crippen LogP) is 3.77. The Balaban J connectivity index is 2.16. The van der Waals surface area contributed by atoms with Crippen molar-refractivity contribution in [3.05, 3.63) is 42.1 Å². The Morgan fingerprint density at radius 2 is 2.03 bits per heavy atom. The van der Waals surface area contributed by atoms with Crippen molar-refractivity contribution >= 4 is 34.3 Å². The van der Waals surface area contributed by atoms with Crippen molar-refractivity contribution in [3.63, 3.8) is 0 Å². The van der Waals surface area contributed by atoms with Crippen LogP contribution in [0.15, 0.2) is 35.3 Å². The molecule has 0 saturated carbocycles. The van der Waals surface area contributed by atoms with Crippen LogP contribution in [-0.4, -0.2) is 48.3 Å². The minimum Gasteiger partial charge on any atom is -0.472 e. The average Bonchev–Trinajstić information content (AvgIpc) is 3.35. The standard InChI is InChI=1S/C22H28N4O5/c1-13(2)10-26-19(22(28)30-5)18(25-21(27)15-6-7-31-12-15)17-8-16(9-23-20(17)26)24-14(3)11-29-4/h6-9,12-14,24H,10-11H2,1-5H3,(H,25,27)/t14-/m1/s1. The van der Waals surface area contributed by atoms with Crippen molar-refractivity contribution in [1.82, 2.24) is 9.55 Å². The second-order valence-electron chi connectivity index (χ2n) is 7.78. The van der Waals surface area contributed by atoms with E-state index in [0.717, 1.165) is 5.69 Å². The van der Waals surface area contributed by atoms with Gasteiger partial charge in [0.15, 0.2) is 5.69 Å². The van der Waals surface area contributed by atoms with Crippen molar-refractivity contribution in [2.24, 2.45) is 5.92 Å². The van der Waals surface area contributed by atoms with Gasteiger partial charge >= 0.3 is 5.97 Å². The lowest BCUT2D eigenvalue weighted by molar-refractivity contribution is 0.0589. The zero-order chi connectivity index (χ0) is 22.5. The van der Waals surface area contributed by atoms with E-state index in [1.165, 1.54) is 19.6 Å². The summed E-state index contributed by atoms with van der Waals surface area (Å²) in [6, 6.07) is 3.46. The van der Waals surface area contributed by atoms with E-state index in [2.05, 4.69) is 15.6 Å². The van der Waals surface area contributed by atoms with Gasteiger partial charge in [-0.3, -0.25) is 4.79 Å². The van der Waals surface area contributed by atoms with Crippen LogP contribution in [0.25, 0.3) is 11.0 Å². The number of methoxy groups -OCH3 is 2. The van der Waals surface area contributed by atoms with Crippen LogP contribution in [0.5, 0.6) is 0 Å². The largest absolute Gasteiger partial charge is 0.472 e. The smallest absolute Gasteiger partial charge is 0.356 e. The maximum atomic E-state index is 12.8. The minimum absolute atomic E-state index is 0.0473. The number of esters is 1. The number of carbonyl (C=O) groups is 2.